The van der Waals surface area contributed by atoms with Crippen molar-refractivity contribution < 1.29 is 79.6 Å². The fourth-order valence-electron chi connectivity index (χ4n) is 5.31. The van der Waals surface area contributed by atoms with Crippen LogP contribution in [0.15, 0.2) is 53.0 Å². The number of carbonyl (C=O) groups is 2. The van der Waals surface area contributed by atoms with Crippen LogP contribution in [0.4, 0.5) is 0 Å². The van der Waals surface area contributed by atoms with E-state index in [1.165, 1.54) is 30.3 Å². The first-order chi connectivity index (χ1) is 20.3. The van der Waals surface area contributed by atoms with Gasteiger partial charge < -0.3 is 70.0 Å². The Bertz CT molecular complexity index is 1350. The van der Waals surface area contributed by atoms with Gasteiger partial charge in [0.05, 0.1) is 18.8 Å². The lowest BCUT2D eigenvalue weighted by Gasteiger charge is -2.43. The van der Waals surface area contributed by atoms with Crippen LogP contribution in [0, 0.1) is 0 Å². The number of rotatable bonds is 7. The second kappa shape index (κ2) is 11.7. The Morgan fingerprint density at radius 3 is 2.12 bits per heavy atom. The topological polar surface area (TPSA) is 273 Å². The van der Waals surface area contributed by atoms with Crippen LogP contribution in [0.3, 0.4) is 0 Å². The van der Waals surface area contributed by atoms with Gasteiger partial charge in [0.15, 0.2) is 23.9 Å². The van der Waals surface area contributed by atoms with Crippen LogP contribution in [0.5, 0.6) is 5.75 Å². The Morgan fingerprint density at radius 2 is 1.49 bits per heavy atom. The molecule has 0 spiro atoms. The molecule has 0 saturated carbocycles. The van der Waals surface area contributed by atoms with E-state index in [4.69, 9.17) is 18.9 Å². The number of phenolic OH excluding ortho intramolecular Hbond substituents is 1. The maximum absolute atomic E-state index is 13.8. The second-order valence-electron chi connectivity index (χ2n) is 10.4. The smallest absolute Gasteiger partial charge is 0.294 e. The number of aliphatic hydroxyl groups is 9. The highest BCUT2D eigenvalue weighted by Gasteiger charge is 2.64. The molecule has 3 heterocycles. The first kappa shape index (κ1) is 31.2. The number of aromatic hydroxyl groups is 1. The highest BCUT2D eigenvalue weighted by molar-refractivity contribution is 6.28. The number of Topliss-reactive ketones (excluding diaryl/α,β-unsaturated/α-hetero) is 1. The first-order valence-corrected chi connectivity index (χ1v) is 13.1. The van der Waals surface area contributed by atoms with Gasteiger partial charge in [-0.2, -0.15) is 0 Å². The summed E-state index contributed by atoms with van der Waals surface area (Å²) in [4.78, 5) is 27.1. The molecule has 234 valence electrons. The van der Waals surface area contributed by atoms with E-state index in [0.29, 0.717) is 5.56 Å². The van der Waals surface area contributed by atoms with E-state index in [2.05, 4.69) is 0 Å². The summed E-state index contributed by atoms with van der Waals surface area (Å²) in [7, 11) is 0. The quantitative estimate of drug-likeness (QED) is 0.0800. The third-order valence-electron chi connectivity index (χ3n) is 7.69. The number of carbonyl (C=O) groups excluding carboxylic acids is 2. The van der Waals surface area contributed by atoms with Gasteiger partial charge in [0.25, 0.3) is 5.79 Å². The van der Waals surface area contributed by atoms with Crippen molar-refractivity contribution >= 4 is 17.6 Å². The molecule has 43 heavy (non-hydrogen) atoms. The van der Waals surface area contributed by atoms with Crippen molar-refractivity contribution in [3.05, 3.63) is 58.6 Å². The van der Waals surface area contributed by atoms with Crippen LogP contribution in [-0.2, 0) is 28.5 Å². The fraction of sp³-hybridized carbons (Fsp3) is 0.481. The van der Waals surface area contributed by atoms with Gasteiger partial charge in [0.2, 0.25) is 5.78 Å². The predicted molar refractivity (Wildman–Crippen MR) is 136 cm³/mol. The third kappa shape index (κ3) is 5.15. The molecule has 0 aromatic heterocycles. The molecule has 0 amide bonds. The minimum atomic E-state index is -3.41. The number of hydrogen-bond acceptors (Lipinski definition) is 16. The van der Waals surface area contributed by atoms with Crippen LogP contribution < -0.4 is 0 Å². The fourth-order valence-corrected chi connectivity index (χ4v) is 5.31. The predicted octanol–water partition coefficient (Wildman–Crippen LogP) is -3.99. The highest BCUT2D eigenvalue weighted by atomic mass is 16.8. The lowest BCUT2D eigenvalue weighted by molar-refractivity contribution is -0.349. The molecule has 11 atom stereocenters. The number of ketones is 2. The Hall–Kier alpha value is -3.26. The summed E-state index contributed by atoms with van der Waals surface area (Å²) >= 11 is 0. The van der Waals surface area contributed by atoms with Crippen LogP contribution in [0.1, 0.15) is 5.56 Å². The molecule has 0 bridgehead atoms. The minimum absolute atomic E-state index is 0.0575. The van der Waals surface area contributed by atoms with Gasteiger partial charge in [0.1, 0.15) is 65.9 Å². The number of fused-ring (bicyclic) bond motifs is 2. The minimum Gasteiger partial charge on any atom is -0.508 e. The van der Waals surface area contributed by atoms with Gasteiger partial charge in [-0.3, -0.25) is 9.59 Å². The first-order valence-electron chi connectivity index (χ1n) is 13.1. The van der Waals surface area contributed by atoms with Gasteiger partial charge in [-0.25, -0.2) is 0 Å². The Kier molecular flexibility index (Phi) is 8.47. The van der Waals surface area contributed by atoms with Crippen LogP contribution in [0.2, 0.25) is 0 Å². The van der Waals surface area contributed by atoms with E-state index in [0.717, 1.165) is 6.08 Å². The molecule has 3 aliphatic heterocycles. The Labute approximate surface area is 242 Å². The summed E-state index contributed by atoms with van der Waals surface area (Å²) in [5, 5.41) is 103. The summed E-state index contributed by atoms with van der Waals surface area (Å²) < 4.78 is 21.8. The molecule has 10 N–H and O–H groups in total. The highest BCUT2D eigenvalue weighted by Crippen LogP contribution is 2.48. The van der Waals surface area contributed by atoms with Gasteiger partial charge in [-0.15, -0.1) is 0 Å². The van der Waals surface area contributed by atoms with Gasteiger partial charge in [-0.1, -0.05) is 18.2 Å². The Balaban J connectivity index is 1.58. The van der Waals surface area contributed by atoms with E-state index < -0.39 is 114 Å². The monoisotopic (exact) mass is 610 g/mol. The van der Waals surface area contributed by atoms with Gasteiger partial charge in [-0.05, 0) is 23.8 Å². The van der Waals surface area contributed by atoms with E-state index in [1.54, 1.807) is 0 Å². The van der Waals surface area contributed by atoms with E-state index in [9.17, 15) is 60.7 Å². The Morgan fingerprint density at radius 1 is 0.884 bits per heavy atom. The summed E-state index contributed by atoms with van der Waals surface area (Å²) in [5.41, 5.74) is -1.23. The molecule has 2 saturated heterocycles. The van der Waals surface area contributed by atoms with Gasteiger partial charge in [0, 0.05) is 0 Å². The van der Waals surface area contributed by atoms with Crippen molar-refractivity contribution in [3.8, 4) is 5.75 Å². The zero-order valence-corrected chi connectivity index (χ0v) is 22.1. The standard InChI is InChI=1S/C27H30O16/c28-7-12-17(33)20(36)23-22(40-12)15-18(34)14(11(31)6-3-9-1-4-10(30)5-2-9)24(38)27(39,25(15)42-23)43-26-21(37)19(35)16(32)13(8-29)41-26/h1-6,12-13,16-17,19-23,26,28-30,32-37,39H,7-8H2/b6-3+/t12-,13-,16-,17+,19+,20+,21-,22+,23+,26+,27+/m1/s1. The van der Waals surface area contributed by atoms with Crippen molar-refractivity contribution in [2.24, 2.45) is 0 Å². The van der Waals surface area contributed by atoms with Crippen LogP contribution >= 0.6 is 0 Å². The number of hydrogen-bond donors (Lipinski definition) is 10. The molecular weight excluding hydrogens is 580 g/mol. The van der Waals surface area contributed by atoms with E-state index in [-0.39, 0.29) is 5.75 Å². The molecule has 1 aromatic rings. The third-order valence-corrected chi connectivity index (χ3v) is 7.69. The zero-order valence-electron chi connectivity index (χ0n) is 22.1. The van der Waals surface area contributed by atoms with E-state index in [1.807, 2.05) is 0 Å². The molecule has 1 aliphatic carbocycles. The second-order valence-corrected chi connectivity index (χ2v) is 10.4. The zero-order chi connectivity index (χ0) is 31.4. The molecular formula is C27H30O16. The number of ether oxygens (including phenoxy) is 4. The van der Waals surface area contributed by atoms with Crippen LogP contribution in [-0.4, -0.2) is 143 Å². The normalized spacial score (nSPS) is 39.6. The summed E-state index contributed by atoms with van der Waals surface area (Å²) in [6, 6.07) is 5.51. The molecule has 16 heteroatoms. The number of aliphatic hydroxyl groups excluding tert-OH is 8. The number of phenols is 1. The number of allylic oxidation sites excluding steroid dienone is 1. The lowest BCUT2D eigenvalue weighted by atomic mass is 9.83. The van der Waals surface area contributed by atoms with Crippen molar-refractivity contribution in [1.29, 1.82) is 0 Å². The lowest BCUT2D eigenvalue weighted by Crippen LogP contribution is -2.62. The van der Waals surface area contributed by atoms with Crippen LogP contribution in [0.25, 0.3) is 6.08 Å². The molecule has 0 radical (unpaired) electrons. The van der Waals surface area contributed by atoms with Crippen molar-refractivity contribution in [2.45, 2.75) is 67.0 Å². The molecule has 2 fully saturated rings. The summed E-state index contributed by atoms with van der Waals surface area (Å²) in [6.45, 7) is -1.70. The maximum Gasteiger partial charge on any atom is 0.294 e. The van der Waals surface area contributed by atoms with Crippen molar-refractivity contribution in [2.75, 3.05) is 13.2 Å². The molecule has 1 aromatic carbocycles. The van der Waals surface area contributed by atoms with E-state index >= 15 is 0 Å². The molecule has 5 rings (SSSR count). The SMILES string of the molecule is O=C(/C=C/c1ccc(O)cc1)C1=C(O)C2=C(O[C@H]3[C@@H](O)[C@@H](O)[C@@H](CO)O[C@@H]23)[C@@](O)(O[C@@H]2O[C@H](CO)[C@@H](O)[C@H](O)[C@H]2O)C1=O. The largest absolute Gasteiger partial charge is 0.508 e. The van der Waals surface area contributed by atoms with Crippen molar-refractivity contribution in [1.82, 2.24) is 0 Å². The summed E-state index contributed by atoms with van der Waals surface area (Å²) in [6.07, 6.45) is -15.7. The summed E-state index contributed by atoms with van der Waals surface area (Å²) in [5.74, 6) is -8.23. The molecule has 16 nitrogen and oxygen atoms in total. The average Bonchev–Trinajstić information content (AvgIpc) is 3.39. The molecule has 4 aliphatic rings. The van der Waals surface area contributed by atoms with Crippen molar-refractivity contribution in [3.63, 3.8) is 0 Å². The maximum atomic E-state index is 13.8. The number of benzene rings is 1. The van der Waals surface area contributed by atoms with Gasteiger partial charge >= 0.3 is 0 Å². The average molecular weight is 611 g/mol. The molecule has 0 unspecified atom stereocenters.